The molecular weight excluding hydrogens is 188 g/mol. The Morgan fingerprint density at radius 3 is 2.69 bits per heavy atom. The average molecular weight is 198 g/mol. The molecule has 1 rings (SSSR count). The van der Waals surface area contributed by atoms with Gasteiger partial charge in [0.2, 0.25) is 0 Å². The molecule has 13 heavy (non-hydrogen) atoms. The van der Waals surface area contributed by atoms with Crippen molar-refractivity contribution in [2.45, 2.75) is 6.92 Å². The largest absolute Gasteiger partial charge is 0.330 e. The number of nitrogens with zero attached hydrogens (tertiary/aromatic N) is 1. The predicted molar refractivity (Wildman–Crippen MR) is 55.0 cm³/mol. The smallest absolute Gasteiger partial charge is 0.272 e. The van der Waals surface area contributed by atoms with E-state index in [-0.39, 0.29) is 10.6 Å². The fraction of sp³-hybridized carbons (Fsp3) is 0.250. The predicted octanol–water partition coefficient (Wildman–Crippen LogP) is 2.59. The van der Waals surface area contributed by atoms with Crippen LogP contribution in [-0.4, -0.2) is 11.2 Å². The molecule has 70 valence electrons. The van der Waals surface area contributed by atoms with Gasteiger partial charge in [-0.3, -0.25) is 10.1 Å². The summed E-state index contributed by atoms with van der Waals surface area (Å²) in [4.78, 5) is 10.1. The summed E-state index contributed by atoms with van der Waals surface area (Å²) in [5.41, 5.74) is 1.71. The van der Waals surface area contributed by atoms with Crippen LogP contribution in [0.5, 0.6) is 0 Å². The Bertz CT molecular complexity index is 328. The van der Waals surface area contributed by atoms with Crippen LogP contribution in [0.1, 0.15) is 5.56 Å². The summed E-state index contributed by atoms with van der Waals surface area (Å²) in [6.07, 6.45) is 1.90. The highest BCUT2D eigenvalue weighted by atomic mass is 32.2. The number of hydrogen-bond acceptors (Lipinski definition) is 4. The maximum absolute atomic E-state index is 10.5. The molecule has 0 spiro atoms. The molecule has 5 heteroatoms. The molecule has 0 unspecified atom stereocenters. The molecule has 1 N–H and O–H groups in total. The summed E-state index contributed by atoms with van der Waals surface area (Å²) in [6, 6.07) is 4.96. The molecule has 0 aliphatic heterocycles. The third-order valence-electron chi connectivity index (χ3n) is 1.61. The van der Waals surface area contributed by atoms with Crippen LogP contribution in [-0.2, 0) is 0 Å². The van der Waals surface area contributed by atoms with Gasteiger partial charge in [0.1, 0.15) is 0 Å². The Labute approximate surface area is 80.6 Å². The minimum atomic E-state index is -0.377. The highest BCUT2D eigenvalue weighted by Crippen LogP contribution is 2.22. The maximum atomic E-state index is 10.5. The standard InChI is InChI=1S/C8H10N2O2S/c1-6-5-7(9-13-2)3-4-8(6)10(11)12/h3-5,9H,1-2H3. The topological polar surface area (TPSA) is 55.2 Å². The first-order chi connectivity index (χ1) is 6.15. The SMILES string of the molecule is CSNc1ccc([N+](=O)[O-])c(C)c1. The number of nitro benzene ring substituents is 1. The first-order valence-electron chi connectivity index (χ1n) is 3.69. The number of nitrogens with one attached hydrogen (secondary N) is 1. The van der Waals surface area contributed by atoms with Gasteiger partial charge in [-0.25, -0.2) is 0 Å². The van der Waals surface area contributed by atoms with Crippen molar-refractivity contribution in [1.29, 1.82) is 0 Å². The van der Waals surface area contributed by atoms with Gasteiger partial charge >= 0.3 is 0 Å². The van der Waals surface area contributed by atoms with E-state index >= 15 is 0 Å². The second-order valence-electron chi connectivity index (χ2n) is 2.56. The third kappa shape index (κ3) is 2.35. The van der Waals surface area contributed by atoms with Crippen LogP contribution in [0.2, 0.25) is 0 Å². The van der Waals surface area contributed by atoms with Crippen LogP contribution in [0.25, 0.3) is 0 Å². The Balaban J connectivity index is 2.98. The normalized spacial score (nSPS) is 9.69. The molecule has 0 aliphatic carbocycles. The van der Waals surface area contributed by atoms with Crippen LogP contribution < -0.4 is 4.72 Å². The maximum Gasteiger partial charge on any atom is 0.272 e. The lowest BCUT2D eigenvalue weighted by Gasteiger charge is -2.02. The molecule has 0 radical (unpaired) electrons. The molecule has 0 bridgehead atoms. The molecule has 0 saturated heterocycles. The van der Waals surface area contributed by atoms with Gasteiger partial charge in [0.25, 0.3) is 5.69 Å². The number of aryl methyl sites for hydroxylation is 1. The van der Waals surface area contributed by atoms with Crippen molar-refractivity contribution in [3.63, 3.8) is 0 Å². The first-order valence-corrected chi connectivity index (χ1v) is 4.91. The molecule has 0 amide bonds. The molecule has 0 heterocycles. The van der Waals surface area contributed by atoms with E-state index in [1.807, 2.05) is 6.26 Å². The van der Waals surface area contributed by atoms with Crippen molar-refractivity contribution >= 4 is 23.3 Å². The number of anilines is 1. The lowest BCUT2D eigenvalue weighted by molar-refractivity contribution is -0.385. The Morgan fingerprint density at radius 1 is 1.54 bits per heavy atom. The zero-order chi connectivity index (χ0) is 9.84. The van der Waals surface area contributed by atoms with E-state index in [9.17, 15) is 10.1 Å². The monoisotopic (exact) mass is 198 g/mol. The van der Waals surface area contributed by atoms with E-state index in [2.05, 4.69) is 4.72 Å². The number of hydrogen-bond donors (Lipinski definition) is 1. The zero-order valence-electron chi connectivity index (χ0n) is 7.40. The summed E-state index contributed by atoms with van der Waals surface area (Å²) >= 11 is 1.46. The van der Waals surface area contributed by atoms with Gasteiger partial charge in [0.05, 0.1) is 4.92 Å². The first kappa shape index (κ1) is 9.85. The van der Waals surface area contributed by atoms with Crippen LogP contribution >= 0.6 is 11.9 Å². The van der Waals surface area contributed by atoms with E-state index in [1.54, 1.807) is 19.1 Å². The molecule has 0 saturated carbocycles. The summed E-state index contributed by atoms with van der Waals surface area (Å²) in [6.45, 7) is 1.73. The van der Waals surface area contributed by atoms with E-state index in [1.165, 1.54) is 18.0 Å². The highest BCUT2D eigenvalue weighted by molar-refractivity contribution is 7.99. The van der Waals surface area contributed by atoms with Crippen molar-refractivity contribution in [3.8, 4) is 0 Å². The van der Waals surface area contributed by atoms with E-state index < -0.39 is 0 Å². The zero-order valence-corrected chi connectivity index (χ0v) is 8.22. The molecule has 0 aliphatic rings. The summed E-state index contributed by atoms with van der Waals surface area (Å²) in [5, 5.41) is 10.5. The third-order valence-corrected chi connectivity index (χ3v) is 2.05. The van der Waals surface area contributed by atoms with Crippen molar-refractivity contribution in [3.05, 3.63) is 33.9 Å². The minimum Gasteiger partial charge on any atom is -0.330 e. The van der Waals surface area contributed by atoms with Crippen molar-refractivity contribution in [2.75, 3.05) is 11.0 Å². The lowest BCUT2D eigenvalue weighted by Crippen LogP contribution is -1.92. The fourth-order valence-electron chi connectivity index (χ4n) is 1.04. The fourth-order valence-corrected chi connectivity index (χ4v) is 1.40. The summed E-state index contributed by atoms with van der Waals surface area (Å²) in [7, 11) is 0. The number of benzene rings is 1. The molecule has 0 aromatic heterocycles. The number of rotatable bonds is 3. The lowest BCUT2D eigenvalue weighted by atomic mass is 10.2. The van der Waals surface area contributed by atoms with Gasteiger partial charge in [0, 0.05) is 23.6 Å². The number of nitro groups is 1. The van der Waals surface area contributed by atoms with Gasteiger partial charge in [-0.2, -0.15) is 0 Å². The van der Waals surface area contributed by atoms with Gasteiger partial charge in [-0.15, -0.1) is 0 Å². The van der Waals surface area contributed by atoms with Crippen LogP contribution in [0.15, 0.2) is 18.2 Å². The average Bonchev–Trinajstić information content (AvgIpc) is 2.04. The van der Waals surface area contributed by atoms with Crippen molar-refractivity contribution in [1.82, 2.24) is 0 Å². The van der Waals surface area contributed by atoms with Gasteiger partial charge in [-0.1, -0.05) is 11.9 Å². The Kier molecular flexibility index (Phi) is 3.13. The summed E-state index contributed by atoms with van der Waals surface area (Å²) < 4.78 is 3.01. The van der Waals surface area contributed by atoms with E-state index in [0.717, 1.165) is 5.69 Å². The minimum absolute atomic E-state index is 0.159. The highest BCUT2D eigenvalue weighted by Gasteiger charge is 2.09. The molecule has 1 aromatic rings. The molecule has 0 atom stereocenters. The Morgan fingerprint density at radius 2 is 2.23 bits per heavy atom. The molecule has 1 aromatic carbocycles. The quantitative estimate of drug-likeness (QED) is 0.460. The van der Waals surface area contributed by atoms with Gasteiger partial charge < -0.3 is 4.72 Å². The van der Waals surface area contributed by atoms with E-state index in [4.69, 9.17) is 0 Å². The van der Waals surface area contributed by atoms with Crippen molar-refractivity contribution < 1.29 is 4.92 Å². The summed E-state index contributed by atoms with van der Waals surface area (Å²) in [5.74, 6) is 0. The molecular formula is C8H10N2O2S. The second-order valence-corrected chi connectivity index (χ2v) is 3.18. The van der Waals surface area contributed by atoms with E-state index in [0.29, 0.717) is 5.56 Å². The molecule has 0 fully saturated rings. The van der Waals surface area contributed by atoms with Gasteiger partial charge in [0.15, 0.2) is 0 Å². The molecule has 4 nitrogen and oxygen atoms in total. The van der Waals surface area contributed by atoms with Crippen LogP contribution in [0.4, 0.5) is 11.4 Å². The van der Waals surface area contributed by atoms with Crippen molar-refractivity contribution in [2.24, 2.45) is 0 Å². The second kappa shape index (κ2) is 4.13. The van der Waals surface area contributed by atoms with Crippen LogP contribution in [0.3, 0.4) is 0 Å². The van der Waals surface area contributed by atoms with Crippen LogP contribution in [0, 0.1) is 17.0 Å². The Hall–Kier alpha value is -1.23. The van der Waals surface area contributed by atoms with Gasteiger partial charge in [-0.05, 0) is 19.1 Å².